The van der Waals surface area contributed by atoms with Gasteiger partial charge in [-0.1, -0.05) is 30.3 Å². The molecule has 1 aliphatic rings. The summed E-state index contributed by atoms with van der Waals surface area (Å²) in [7, 11) is 0. The number of aromatic nitrogens is 3. The van der Waals surface area contributed by atoms with Gasteiger partial charge in [0, 0.05) is 37.6 Å². The van der Waals surface area contributed by atoms with Crippen LogP contribution in [0.25, 0.3) is 5.69 Å². The van der Waals surface area contributed by atoms with Crippen molar-refractivity contribution >= 4 is 5.91 Å². The number of pyridine rings is 1. The third-order valence-corrected chi connectivity index (χ3v) is 4.99. The van der Waals surface area contributed by atoms with E-state index in [0.29, 0.717) is 25.3 Å². The Morgan fingerprint density at radius 1 is 1.12 bits per heavy atom. The molecule has 2 aromatic heterocycles. The molecule has 1 fully saturated rings. The molecule has 0 saturated carbocycles. The fourth-order valence-electron chi connectivity index (χ4n) is 3.62. The van der Waals surface area contributed by atoms with E-state index in [1.54, 1.807) is 23.1 Å². The second-order valence-corrected chi connectivity index (χ2v) is 6.57. The molecular formula is C20H21N5O. The Bertz CT molecular complexity index is 878. The van der Waals surface area contributed by atoms with Crippen LogP contribution in [0.2, 0.25) is 0 Å². The van der Waals surface area contributed by atoms with Crippen molar-refractivity contribution in [3.05, 3.63) is 78.4 Å². The monoisotopic (exact) mass is 347 g/mol. The molecule has 6 heteroatoms. The number of rotatable bonds is 4. The van der Waals surface area contributed by atoms with Gasteiger partial charge >= 0.3 is 0 Å². The summed E-state index contributed by atoms with van der Waals surface area (Å²) in [6, 6.07) is 15.7. The molecule has 0 bridgehead atoms. The van der Waals surface area contributed by atoms with Crippen LogP contribution in [0.1, 0.15) is 22.0 Å². The second-order valence-electron chi connectivity index (χ2n) is 6.57. The van der Waals surface area contributed by atoms with Crippen LogP contribution in [0.4, 0.5) is 0 Å². The van der Waals surface area contributed by atoms with Crippen LogP contribution in [0.5, 0.6) is 0 Å². The molecular weight excluding hydrogens is 326 g/mol. The Morgan fingerprint density at radius 2 is 1.96 bits per heavy atom. The van der Waals surface area contributed by atoms with Gasteiger partial charge in [0.1, 0.15) is 5.69 Å². The van der Waals surface area contributed by atoms with E-state index in [-0.39, 0.29) is 17.7 Å². The van der Waals surface area contributed by atoms with Crippen molar-refractivity contribution in [1.82, 2.24) is 19.7 Å². The summed E-state index contributed by atoms with van der Waals surface area (Å²) in [5.74, 6) is 0.464. The lowest BCUT2D eigenvalue weighted by molar-refractivity contribution is 0.0780. The topological polar surface area (TPSA) is 77.0 Å². The fourth-order valence-corrected chi connectivity index (χ4v) is 3.62. The number of hydrogen-bond donors (Lipinski definition) is 1. The summed E-state index contributed by atoms with van der Waals surface area (Å²) in [5.41, 5.74) is 8.47. The number of likely N-dealkylation sites (tertiary alicyclic amines) is 1. The van der Waals surface area contributed by atoms with Crippen molar-refractivity contribution in [2.75, 3.05) is 19.6 Å². The lowest BCUT2D eigenvalue weighted by Gasteiger charge is -2.17. The largest absolute Gasteiger partial charge is 0.336 e. The van der Waals surface area contributed by atoms with Crippen molar-refractivity contribution < 1.29 is 4.79 Å². The standard InChI is InChI=1S/C20H21N5O/c21-12-16-13-24(14-18(16)15-5-2-1-3-6-15)20(26)19-11-17(7-9-22-19)25-10-4-8-23-25/h1-11,16,18H,12-14,21H2/t16-,18+/m1/s1. The molecule has 1 saturated heterocycles. The van der Waals surface area contributed by atoms with Gasteiger partial charge in [-0.25, -0.2) is 4.68 Å². The minimum Gasteiger partial charge on any atom is -0.336 e. The van der Waals surface area contributed by atoms with Gasteiger partial charge in [0.05, 0.1) is 5.69 Å². The quantitative estimate of drug-likeness (QED) is 0.784. The Kier molecular flexibility index (Phi) is 4.50. The van der Waals surface area contributed by atoms with E-state index in [2.05, 4.69) is 22.2 Å². The van der Waals surface area contributed by atoms with Crippen LogP contribution < -0.4 is 5.73 Å². The maximum atomic E-state index is 13.0. The van der Waals surface area contributed by atoms with Crippen LogP contribution >= 0.6 is 0 Å². The van der Waals surface area contributed by atoms with E-state index in [1.807, 2.05) is 41.4 Å². The predicted octanol–water partition coefficient (Wildman–Crippen LogP) is 2.08. The first-order chi connectivity index (χ1) is 12.8. The van der Waals surface area contributed by atoms with Crippen molar-refractivity contribution in [2.45, 2.75) is 5.92 Å². The molecule has 3 heterocycles. The smallest absolute Gasteiger partial charge is 0.272 e. The lowest BCUT2D eigenvalue weighted by Crippen LogP contribution is -2.30. The fraction of sp³-hybridized carbons (Fsp3) is 0.250. The molecule has 3 aromatic rings. The number of amides is 1. The highest BCUT2D eigenvalue weighted by Crippen LogP contribution is 2.32. The van der Waals surface area contributed by atoms with Gasteiger partial charge in [0.15, 0.2) is 0 Å². The Labute approximate surface area is 152 Å². The van der Waals surface area contributed by atoms with Gasteiger partial charge in [-0.05, 0) is 36.2 Å². The molecule has 6 nitrogen and oxygen atoms in total. The average Bonchev–Trinajstić information content (AvgIpc) is 3.38. The molecule has 2 atom stereocenters. The number of benzene rings is 1. The van der Waals surface area contributed by atoms with Crippen molar-refractivity contribution in [3.8, 4) is 5.69 Å². The Hall–Kier alpha value is -2.99. The van der Waals surface area contributed by atoms with Crippen LogP contribution in [0, 0.1) is 5.92 Å². The molecule has 26 heavy (non-hydrogen) atoms. The highest BCUT2D eigenvalue weighted by molar-refractivity contribution is 5.93. The maximum Gasteiger partial charge on any atom is 0.272 e. The minimum absolute atomic E-state index is 0.0594. The zero-order valence-electron chi connectivity index (χ0n) is 14.4. The summed E-state index contributed by atoms with van der Waals surface area (Å²) >= 11 is 0. The summed E-state index contributed by atoms with van der Waals surface area (Å²) in [6.45, 7) is 1.88. The van der Waals surface area contributed by atoms with Gasteiger partial charge < -0.3 is 10.6 Å². The van der Waals surface area contributed by atoms with E-state index >= 15 is 0 Å². The third-order valence-electron chi connectivity index (χ3n) is 4.99. The van der Waals surface area contributed by atoms with Crippen LogP contribution in [-0.4, -0.2) is 45.2 Å². The predicted molar refractivity (Wildman–Crippen MR) is 99.0 cm³/mol. The molecule has 1 amide bonds. The van der Waals surface area contributed by atoms with Crippen molar-refractivity contribution in [3.63, 3.8) is 0 Å². The number of hydrogen-bond acceptors (Lipinski definition) is 4. The summed E-state index contributed by atoms with van der Waals surface area (Å²) < 4.78 is 1.72. The normalized spacial score (nSPS) is 19.7. The SMILES string of the molecule is NC[C@@H]1CN(C(=O)c2cc(-n3cccn3)ccn2)C[C@H]1c1ccccc1. The first kappa shape index (κ1) is 16.5. The van der Waals surface area contributed by atoms with Gasteiger partial charge in [-0.15, -0.1) is 0 Å². The van der Waals surface area contributed by atoms with Crippen LogP contribution in [-0.2, 0) is 0 Å². The van der Waals surface area contributed by atoms with E-state index in [1.165, 1.54) is 5.56 Å². The maximum absolute atomic E-state index is 13.0. The third kappa shape index (κ3) is 3.11. The van der Waals surface area contributed by atoms with Gasteiger partial charge in [-0.2, -0.15) is 5.10 Å². The molecule has 4 rings (SSSR count). The van der Waals surface area contributed by atoms with Gasteiger partial charge in [0.2, 0.25) is 0 Å². The van der Waals surface area contributed by atoms with Crippen molar-refractivity contribution in [2.24, 2.45) is 11.7 Å². The molecule has 0 radical (unpaired) electrons. The van der Waals surface area contributed by atoms with E-state index < -0.39 is 0 Å². The van der Waals surface area contributed by atoms with Crippen molar-refractivity contribution in [1.29, 1.82) is 0 Å². The number of carbonyl (C=O) groups is 1. The van der Waals surface area contributed by atoms with E-state index in [9.17, 15) is 4.79 Å². The summed E-state index contributed by atoms with van der Waals surface area (Å²) in [5, 5.41) is 4.21. The zero-order chi connectivity index (χ0) is 17.9. The van der Waals surface area contributed by atoms with Crippen LogP contribution in [0.15, 0.2) is 67.1 Å². The first-order valence-electron chi connectivity index (χ1n) is 8.76. The Morgan fingerprint density at radius 3 is 2.69 bits per heavy atom. The number of carbonyl (C=O) groups excluding carboxylic acids is 1. The lowest BCUT2D eigenvalue weighted by atomic mass is 9.89. The van der Waals surface area contributed by atoms with E-state index in [0.717, 1.165) is 5.69 Å². The van der Waals surface area contributed by atoms with Gasteiger partial charge in [0.25, 0.3) is 5.91 Å². The zero-order valence-corrected chi connectivity index (χ0v) is 14.4. The number of nitrogens with two attached hydrogens (primary N) is 1. The summed E-state index contributed by atoms with van der Waals surface area (Å²) in [6.07, 6.45) is 5.20. The molecule has 1 aromatic carbocycles. The van der Waals surface area contributed by atoms with Crippen LogP contribution in [0.3, 0.4) is 0 Å². The second kappa shape index (κ2) is 7.09. The molecule has 0 aliphatic carbocycles. The van der Waals surface area contributed by atoms with Gasteiger partial charge in [-0.3, -0.25) is 9.78 Å². The number of nitrogens with zero attached hydrogens (tertiary/aromatic N) is 4. The molecule has 0 spiro atoms. The van der Waals surface area contributed by atoms with E-state index in [4.69, 9.17) is 5.73 Å². The average molecular weight is 347 g/mol. The highest BCUT2D eigenvalue weighted by Gasteiger charge is 2.36. The molecule has 132 valence electrons. The molecule has 2 N–H and O–H groups in total. The first-order valence-corrected chi connectivity index (χ1v) is 8.76. The Balaban J connectivity index is 1.56. The molecule has 1 aliphatic heterocycles. The summed E-state index contributed by atoms with van der Waals surface area (Å²) in [4.78, 5) is 19.1. The minimum atomic E-state index is -0.0594. The highest BCUT2D eigenvalue weighted by atomic mass is 16.2. The molecule has 0 unspecified atom stereocenters.